The quantitative estimate of drug-likeness (QED) is 0.819. The van der Waals surface area contributed by atoms with E-state index in [1.165, 1.54) is 0 Å². The normalized spacial score (nSPS) is 13.8. The van der Waals surface area contributed by atoms with Crippen molar-refractivity contribution in [2.45, 2.75) is 46.0 Å². The van der Waals surface area contributed by atoms with Crippen LogP contribution in [0.4, 0.5) is 0 Å². The van der Waals surface area contributed by atoms with Crippen molar-refractivity contribution in [3.63, 3.8) is 0 Å². The van der Waals surface area contributed by atoms with Crippen LogP contribution in [0.15, 0.2) is 24.3 Å². The van der Waals surface area contributed by atoms with Crippen molar-refractivity contribution in [3.05, 3.63) is 35.4 Å². The summed E-state index contributed by atoms with van der Waals surface area (Å²) in [6.45, 7) is 5.59. The van der Waals surface area contributed by atoms with Gasteiger partial charge in [0.1, 0.15) is 5.78 Å². The molecule has 104 valence electrons. The summed E-state index contributed by atoms with van der Waals surface area (Å²) in [6, 6.07) is 7.55. The molecule has 0 aliphatic heterocycles. The van der Waals surface area contributed by atoms with E-state index in [4.69, 9.17) is 5.11 Å². The van der Waals surface area contributed by atoms with Crippen molar-refractivity contribution in [2.24, 2.45) is 5.92 Å². The van der Waals surface area contributed by atoms with Crippen LogP contribution in [-0.4, -0.2) is 16.9 Å². The fraction of sp³-hybridized carbons (Fsp3) is 0.500. The molecule has 0 amide bonds. The number of hydrogen-bond acceptors (Lipinski definition) is 2. The molecule has 0 bridgehead atoms. The summed E-state index contributed by atoms with van der Waals surface area (Å²) in [4.78, 5) is 22.6. The number of aliphatic carboxylic acids is 1. The van der Waals surface area contributed by atoms with Gasteiger partial charge >= 0.3 is 5.97 Å². The average Bonchev–Trinajstić information content (AvgIpc) is 2.43. The van der Waals surface area contributed by atoms with Crippen LogP contribution in [0.2, 0.25) is 0 Å². The lowest BCUT2D eigenvalue weighted by molar-refractivity contribution is -0.138. The van der Waals surface area contributed by atoms with Crippen LogP contribution in [0.5, 0.6) is 0 Å². The number of hydrogen-bond donors (Lipinski definition) is 1. The van der Waals surface area contributed by atoms with Gasteiger partial charge in [-0.15, -0.1) is 0 Å². The lowest BCUT2D eigenvalue weighted by Crippen LogP contribution is -2.15. The molecule has 1 N–H and O–H groups in total. The van der Waals surface area contributed by atoms with Gasteiger partial charge in [-0.2, -0.15) is 0 Å². The SMILES string of the molecule is CCC(=O)C(CC)Cc1ccc(C(C)C(=O)O)cc1. The number of rotatable bonds is 7. The van der Waals surface area contributed by atoms with E-state index in [1.807, 2.05) is 38.1 Å². The molecule has 1 aromatic carbocycles. The fourth-order valence-corrected chi connectivity index (χ4v) is 2.14. The molecule has 3 nitrogen and oxygen atoms in total. The van der Waals surface area contributed by atoms with E-state index in [0.717, 1.165) is 24.0 Å². The Morgan fingerprint density at radius 3 is 2.16 bits per heavy atom. The maximum atomic E-state index is 11.7. The topological polar surface area (TPSA) is 54.4 Å². The Kier molecular flexibility index (Phi) is 5.74. The Hall–Kier alpha value is -1.64. The summed E-state index contributed by atoms with van der Waals surface area (Å²) in [7, 11) is 0. The number of Topliss-reactive ketones (excluding diaryl/α,β-unsaturated/α-hetero) is 1. The van der Waals surface area contributed by atoms with Gasteiger partial charge < -0.3 is 5.11 Å². The standard InChI is InChI=1S/C16H22O3/c1-4-13(15(17)5-2)10-12-6-8-14(9-7-12)11(3)16(18)19/h6-9,11,13H,4-5,10H2,1-3H3,(H,18,19). The molecule has 0 saturated heterocycles. The highest BCUT2D eigenvalue weighted by atomic mass is 16.4. The summed E-state index contributed by atoms with van der Waals surface area (Å²) in [5.41, 5.74) is 1.89. The van der Waals surface area contributed by atoms with Crippen molar-refractivity contribution in [1.29, 1.82) is 0 Å². The third-order valence-electron chi connectivity index (χ3n) is 3.63. The van der Waals surface area contributed by atoms with E-state index in [1.54, 1.807) is 6.92 Å². The van der Waals surface area contributed by atoms with Gasteiger partial charge in [0.05, 0.1) is 5.92 Å². The molecule has 1 aromatic rings. The Morgan fingerprint density at radius 2 is 1.74 bits per heavy atom. The molecule has 2 unspecified atom stereocenters. The molecule has 0 fully saturated rings. The van der Waals surface area contributed by atoms with E-state index in [-0.39, 0.29) is 5.92 Å². The Bertz CT molecular complexity index is 434. The minimum absolute atomic E-state index is 0.0766. The fourth-order valence-electron chi connectivity index (χ4n) is 2.14. The average molecular weight is 262 g/mol. The van der Waals surface area contributed by atoms with Crippen LogP contribution < -0.4 is 0 Å². The minimum Gasteiger partial charge on any atom is -0.481 e. The minimum atomic E-state index is -0.819. The molecule has 0 saturated carbocycles. The summed E-state index contributed by atoms with van der Waals surface area (Å²) in [6.07, 6.45) is 2.16. The maximum Gasteiger partial charge on any atom is 0.310 e. The van der Waals surface area contributed by atoms with Gasteiger partial charge in [-0.25, -0.2) is 0 Å². The van der Waals surface area contributed by atoms with Gasteiger partial charge in [0.2, 0.25) is 0 Å². The Morgan fingerprint density at radius 1 is 1.16 bits per heavy atom. The van der Waals surface area contributed by atoms with Crippen LogP contribution in [0.3, 0.4) is 0 Å². The number of carboxylic acids is 1. The van der Waals surface area contributed by atoms with Crippen molar-refractivity contribution in [3.8, 4) is 0 Å². The molecule has 3 heteroatoms. The summed E-state index contributed by atoms with van der Waals surface area (Å²) in [5.74, 6) is -0.938. The summed E-state index contributed by atoms with van der Waals surface area (Å²) in [5, 5.41) is 8.95. The summed E-state index contributed by atoms with van der Waals surface area (Å²) < 4.78 is 0. The molecular weight excluding hydrogens is 240 g/mol. The van der Waals surface area contributed by atoms with Gasteiger partial charge in [-0.3, -0.25) is 9.59 Å². The van der Waals surface area contributed by atoms with E-state index in [2.05, 4.69) is 0 Å². The summed E-state index contributed by atoms with van der Waals surface area (Å²) >= 11 is 0. The van der Waals surface area contributed by atoms with E-state index < -0.39 is 11.9 Å². The number of carbonyl (C=O) groups is 2. The highest BCUT2D eigenvalue weighted by Crippen LogP contribution is 2.19. The lowest BCUT2D eigenvalue weighted by atomic mass is 9.90. The first-order valence-corrected chi connectivity index (χ1v) is 6.83. The molecule has 1 rings (SSSR count). The predicted octanol–water partition coefficient (Wildman–Crippen LogP) is 3.42. The second-order valence-corrected chi connectivity index (χ2v) is 4.93. The molecular formula is C16H22O3. The zero-order chi connectivity index (χ0) is 14.4. The van der Waals surface area contributed by atoms with Crippen molar-refractivity contribution < 1.29 is 14.7 Å². The second-order valence-electron chi connectivity index (χ2n) is 4.93. The molecule has 0 spiro atoms. The molecule has 0 heterocycles. The van der Waals surface area contributed by atoms with Gasteiger partial charge in [-0.1, -0.05) is 38.1 Å². The van der Waals surface area contributed by atoms with Crippen LogP contribution in [0.1, 0.15) is 50.7 Å². The van der Waals surface area contributed by atoms with Crippen LogP contribution >= 0.6 is 0 Å². The molecule has 0 aromatic heterocycles. The number of benzene rings is 1. The number of ketones is 1. The van der Waals surface area contributed by atoms with Crippen molar-refractivity contribution >= 4 is 11.8 Å². The number of carboxylic acid groups (broad SMARTS) is 1. The third-order valence-corrected chi connectivity index (χ3v) is 3.63. The smallest absolute Gasteiger partial charge is 0.310 e. The van der Waals surface area contributed by atoms with E-state index in [9.17, 15) is 9.59 Å². The highest BCUT2D eigenvalue weighted by Gasteiger charge is 2.16. The largest absolute Gasteiger partial charge is 0.481 e. The van der Waals surface area contributed by atoms with Gasteiger partial charge in [-0.05, 0) is 30.9 Å². The first kappa shape index (κ1) is 15.4. The Balaban J connectivity index is 2.76. The van der Waals surface area contributed by atoms with Crippen LogP contribution in [-0.2, 0) is 16.0 Å². The zero-order valence-corrected chi connectivity index (χ0v) is 11.8. The third kappa shape index (κ3) is 4.19. The Labute approximate surface area is 114 Å². The lowest BCUT2D eigenvalue weighted by Gasteiger charge is -2.13. The van der Waals surface area contributed by atoms with Gasteiger partial charge in [0.15, 0.2) is 0 Å². The monoisotopic (exact) mass is 262 g/mol. The predicted molar refractivity (Wildman–Crippen MR) is 75.3 cm³/mol. The molecule has 0 aliphatic rings. The van der Waals surface area contributed by atoms with Crippen molar-refractivity contribution in [2.75, 3.05) is 0 Å². The zero-order valence-electron chi connectivity index (χ0n) is 11.8. The first-order valence-electron chi connectivity index (χ1n) is 6.83. The van der Waals surface area contributed by atoms with Crippen LogP contribution in [0, 0.1) is 5.92 Å². The first-order chi connectivity index (χ1) is 8.99. The molecule has 0 radical (unpaired) electrons. The molecule has 2 atom stereocenters. The van der Waals surface area contributed by atoms with Crippen molar-refractivity contribution in [1.82, 2.24) is 0 Å². The maximum absolute atomic E-state index is 11.7. The van der Waals surface area contributed by atoms with E-state index >= 15 is 0 Å². The number of carbonyl (C=O) groups excluding carboxylic acids is 1. The van der Waals surface area contributed by atoms with Gasteiger partial charge in [0, 0.05) is 12.3 Å². The molecule has 0 aliphatic carbocycles. The van der Waals surface area contributed by atoms with Gasteiger partial charge in [0.25, 0.3) is 0 Å². The highest BCUT2D eigenvalue weighted by molar-refractivity contribution is 5.81. The van der Waals surface area contributed by atoms with E-state index in [0.29, 0.717) is 12.2 Å². The van der Waals surface area contributed by atoms with Crippen LogP contribution in [0.25, 0.3) is 0 Å². The molecule has 19 heavy (non-hydrogen) atoms. The second kappa shape index (κ2) is 7.07.